The Labute approximate surface area is 254 Å². The standard InChI is InChI=1S/C34H37F6N3O/c1-24(26-20-28(33(35,36)37)22-29(21-26)34(38,39)40)31(44)41-32(27-10-6-3-7-11-27)14-12-30(13-15-32)43-18-16-42(17-19-43)23-25-8-4-2-5-9-25/h2-11,20-22,24,30H,12-19,23H2,1H3,(H,41,44)/t24?,30-,32-. The third kappa shape index (κ3) is 7.46. The maximum absolute atomic E-state index is 13.6. The largest absolute Gasteiger partial charge is 0.416 e. The SMILES string of the molecule is CC(C(=O)N[C@]1(c2ccccc2)CC[C@@H](N2CCN(Cc3ccccc3)CC2)CC1)c1cc(C(F)(F)F)cc(C(F)(F)F)c1. The number of hydrogen-bond donors (Lipinski definition) is 1. The number of benzene rings is 3. The molecule has 3 aromatic carbocycles. The molecule has 1 amide bonds. The van der Waals surface area contributed by atoms with Crippen molar-refractivity contribution < 1.29 is 31.1 Å². The van der Waals surface area contributed by atoms with Gasteiger partial charge in [0.25, 0.3) is 0 Å². The van der Waals surface area contributed by atoms with E-state index in [4.69, 9.17) is 0 Å². The number of rotatable bonds is 7. The lowest BCUT2D eigenvalue weighted by Crippen LogP contribution is -2.55. The molecule has 1 saturated heterocycles. The first-order valence-electron chi connectivity index (χ1n) is 15.0. The molecule has 3 aromatic rings. The van der Waals surface area contributed by atoms with Crippen LogP contribution in [-0.4, -0.2) is 47.9 Å². The van der Waals surface area contributed by atoms with E-state index in [1.807, 2.05) is 48.5 Å². The van der Waals surface area contributed by atoms with Gasteiger partial charge >= 0.3 is 12.4 Å². The molecule has 1 atom stereocenters. The van der Waals surface area contributed by atoms with Crippen LogP contribution in [0.1, 0.15) is 66.3 Å². The number of halogens is 6. The second kappa shape index (κ2) is 12.9. The first-order valence-corrected chi connectivity index (χ1v) is 15.0. The average Bonchev–Trinajstić information content (AvgIpc) is 3.01. The first-order chi connectivity index (χ1) is 20.8. The van der Waals surface area contributed by atoms with Crippen LogP contribution in [0.4, 0.5) is 26.3 Å². The monoisotopic (exact) mass is 617 g/mol. The van der Waals surface area contributed by atoms with Crippen LogP contribution < -0.4 is 5.32 Å². The summed E-state index contributed by atoms with van der Waals surface area (Å²) < 4.78 is 80.9. The summed E-state index contributed by atoms with van der Waals surface area (Å²) in [6.45, 7) is 6.06. The molecule has 5 rings (SSSR count). The molecule has 1 saturated carbocycles. The molecule has 1 unspecified atom stereocenters. The summed E-state index contributed by atoms with van der Waals surface area (Å²) in [6.07, 6.45) is -7.12. The predicted octanol–water partition coefficient (Wildman–Crippen LogP) is 7.60. The van der Waals surface area contributed by atoms with Crippen LogP contribution in [0.3, 0.4) is 0 Å². The molecule has 10 heteroatoms. The Balaban J connectivity index is 1.29. The van der Waals surface area contributed by atoms with Crippen LogP contribution in [-0.2, 0) is 29.2 Å². The fourth-order valence-corrected chi connectivity index (χ4v) is 6.56. The van der Waals surface area contributed by atoms with Gasteiger partial charge in [0.1, 0.15) is 0 Å². The summed E-state index contributed by atoms with van der Waals surface area (Å²) in [4.78, 5) is 18.5. The molecule has 1 heterocycles. The highest BCUT2D eigenvalue weighted by molar-refractivity contribution is 5.84. The van der Waals surface area contributed by atoms with E-state index in [0.717, 1.165) is 51.1 Å². The highest BCUT2D eigenvalue weighted by Gasteiger charge is 2.42. The van der Waals surface area contributed by atoms with E-state index >= 15 is 0 Å². The van der Waals surface area contributed by atoms with Gasteiger partial charge in [-0.05, 0) is 67.5 Å². The van der Waals surface area contributed by atoms with Gasteiger partial charge in [0.15, 0.2) is 0 Å². The minimum Gasteiger partial charge on any atom is -0.346 e. The van der Waals surface area contributed by atoms with Crippen molar-refractivity contribution in [3.8, 4) is 0 Å². The van der Waals surface area contributed by atoms with E-state index in [-0.39, 0.29) is 11.6 Å². The zero-order valence-corrected chi connectivity index (χ0v) is 24.6. The van der Waals surface area contributed by atoms with Crippen molar-refractivity contribution in [2.45, 2.75) is 69.0 Å². The molecule has 4 nitrogen and oxygen atoms in total. The summed E-state index contributed by atoms with van der Waals surface area (Å²) in [5.74, 6) is -1.83. The molecule has 0 aromatic heterocycles. The maximum atomic E-state index is 13.6. The molecule has 1 aliphatic heterocycles. The molecule has 0 radical (unpaired) electrons. The molecule has 2 aliphatic rings. The van der Waals surface area contributed by atoms with Crippen molar-refractivity contribution in [3.05, 3.63) is 107 Å². The zero-order chi connectivity index (χ0) is 31.5. The number of carbonyl (C=O) groups is 1. The molecule has 236 valence electrons. The number of nitrogens with zero attached hydrogens (tertiary/aromatic N) is 2. The number of hydrogen-bond acceptors (Lipinski definition) is 3. The Hall–Kier alpha value is -3.37. The predicted molar refractivity (Wildman–Crippen MR) is 157 cm³/mol. The minimum atomic E-state index is -4.98. The summed E-state index contributed by atoms with van der Waals surface area (Å²) in [5, 5.41) is 3.09. The van der Waals surface area contributed by atoms with Gasteiger partial charge in [-0.1, -0.05) is 60.7 Å². The van der Waals surface area contributed by atoms with Gasteiger partial charge in [0.05, 0.1) is 22.6 Å². The Kier molecular flexibility index (Phi) is 9.41. The fraction of sp³-hybridized carbons (Fsp3) is 0.441. The Morgan fingerprint density at radius 3 is 1.86 bits per heavy atom. The fourth-order valence-electron chi connectivity index (χ4n) is 6.56. The van der Waals surface area contributed by atoms with Crippen LogP contribution >= 0.6 is 0 Å². The van der Waals surface area contributed by atoms with Crippen molar-refractivity contribution in [2.24, 2.45) is 0 Å². The molecule has 44 heavy (non-hydrogen) atoms. The molecular weight excluding hydrogens is 580 g/mol. The number of amides is 1. The highest BCUT2D eigenvalue weighted by Crippen LogP contribution is 2.41. The van der Waals surface area contributed by atoms with Crippen molar-refractivity contribution in [3.63, 3.8) is 0 Å². The van der Waals surface area contributed by atoms with Crippen molar-refractivity contribution >= 4 is 5.91 Å². The van der Waals surface area contributed by atoms with E-state index in [0.29, 0.717) is 31.0 Å². The molecule has 0 spiro atoms. The van der Waals surface area contributed by atoms with Gasteiger partial charge in [-0.25, -0.2) is 0 Å². The lowest BCUT2D eigenvalue weighted by atomic mass is 9.74. The van der Waals surface area contributed by atoms with Gasteiger partial charge in [-0.15, -0.1) is 0 Å². The maximum Gasteiger partial charge on any atom is 0.416 e. The topological polar surface area (TPSA) is 35.6 Å². The number of nitrogens with one attached hydrogen (secondary N) is 1. The van der Waals surface area contributed by atoms with Crippen molar-refractivity contribution in [2.75, 3.05) is 26.2 Å². The van der Waals surface area contributed by atoms with Crippen molar-refractivity contribution in [1.29, 1.82) is 0 Å². The number of carbonyl (C=O) groups excluding carboxylic acids is 1. The smallest absolute Gasteiger partial charge is 0.346 e. The molecule has 2 fully saturated rings. The van der Waals surface area contributed by atoms with Crippen molar-refractivity contribution in [1.82, 2.24) is 15.1 Å². The third-order valence-electron chi connectivity index (χ3n) is 9.17. The summed E-state index contributed by atoms with van der Waals surface area (Å²) >= 11 is 0. The van der Waals surface area contributed by atoms with E-state index in [2.05, 4.69) is 27.2 Å². The highest BCUT2D eigenvalue weighted by atomic mass is 19.4. The molecule has 1 N–H and O–H groups in total. The van der Waals surface area contributed by atoms with E-state index in [9.17, 15) is 31.1 Å². The van der Waals surface area contributed by atoms with Crippen LogP contribution in [0.15, 0.2) is 78.9 Å². The van der Waals surface area contributed by atoms with Crippen LogP contribution in [0, 0.1) is 0 Å². The van der Waals surface area contributed by atoms with Gasteiger partial charge in [-0.2, -0.15) is 26.3 Å². The quantitative estimate of drug-likeness (QED) is 0.278. The zero-order valence-electron chi connectivity index (χ0n) is 24.6. The van der Waals surface area contributed by atoms with Crippen LogP contribution in [0.2, 0.25) is 0 Å². The Morgan fingerprint density at radius 1 is 0.818 bits per heavy atom. The van der Waals surface area contributed by atoms with Crippen LogP contribution in [0.5, 0.6) is 0 Å². The third-order valence-corrected chi connectivity index (χ3v) is 9.17. The van der Waals surface area contributed by atoms with Gasteiger partial charge in [0, 0.05) is 38.8 Å². The minimum absolute atomic E-state index is 0.0857. The first kappa shape index (κ1) is 32.0. The molecule has 1 aliphatic carbocycles. The van der Waals surface area contributed by atoms with E-state index in [1.165, 1.54) is 12.5 Å². The number of alkyl halides is 6. The van der Waals surface area contributed by atoms with Gasteiger partial charge < -0.3 is 5.32 Å². The molecule has 0 bridgehead atoms. The summed E-state index contributed by atoms with van der Waals surface area (Å²) in [5.41, 5.74) is -1.78. The summed E-state index contributed by atoms with van der Waals surface area (Å²) in [6, 6.07) is 21.5. The van der Waals surface area contributed by atoms with Crippen LogP contribution in [0.25, 0.3) is 0 Å². The van der Waals surface area contributed by atoms with Gasteiger partial charge in [0.2, 0.25) is 5.91 Å². The Morgan fingerprint density at radius 2 is 1.34 bits per heavy atom. The second-order valence-electron chi connectivity index (χ2n) is 12.0. The normalized spacial score (nSPS) is 22.8. The van der Waals surface area contributed by atoms with E-state index < -0.39 is 40.8 Å². The lowest BCUT2D eigenvalue weighted by Gasteiger charge is -2.46. The second-order valence-corrected chi connectivity index (χ2v) is 12.0. The average molecular weight is 618 g/mol. The van der Waals surface area contributed by atoms with E-state index in [1.54, 1.807) is 0 Å². The lowest BCUT2D eigenvalue weighted by molar-refractivity contribution is -0.143. The number of piperazine rings is 1. The van der Waals surface area contributed by atoms with Gasteiger partial charge in [-0.3, -0.25) is 14.6 Å². The Bertz CT molecular complexity index is 1360. The molecular formula is C34H37F6N3O. The summed E-state index contributed by atoms with van der Waals surface area (Å²) in [7, 11) is 0.